The summed E-state index contributed by atoms with van der Waals surface area (Å²) in [7, 11) is 0. The Morgan fingerprint density at radius 2 is 2.25 bits per heavy atom. The number of nitrogens with zero attached hydrogens (tertiary/aromatic N) is 1. The van der Waals surface area contributed by atoms with Gasteiger partial charge in [0.1, 0.15) is 0 Å². The van der Waals surface area contributed by atoms with Gasteiger partial charge in [0.05, 0.1) is 18.0 Å². The number of amides is 1. The van der Waals surface area contributed by atoms with Crippen LogP contribution >= 0.6 is 0 Å². The van der Waals surface area contributed by atoms with E-state index in [0.29, 0.717) is 44.0 Å². The van der Waals surface area contributed by atoms with Gasteiger partial charge in [0.2, 0.25) is 5.91 Å². The summed E-state index contributed by atoms with van der Waals surface area (Å²) in [6.45, 7) is 4.19. The maximum absolute atomic E-state index is 13.8. The first-order valence-electron chi connectivity index (χ1n) is 6.85. The molecule has 1 aliphatic rings. The third-order valence-electron chi connectivity index (χ3n) is 3.20. The molecule has 110 valence electrons. The molecule has 0 atom stereocenters. The molecule has 1 fully saturated rings. The Labute approximate surface area is 117 Å². The average molecular weight is 281 g/mol. The van der Waals surface area contributed by atoms with Crippen molar-refractivity contribution in [3.63, 3.8) is 0 Å². The molecule has 0 bridgehead atoms. The van der Waals surface area contributed by atoms with Gasteiger partial charge in [0.15, 0.2) is 11.6 Å². The number of anilines is 2. The fraction of sp³-hybridized carbons (Fsp3) is 0.500. The zero-order valence-corrected chi connectivity index (χ0v) is 11.6. The molecule has 0 aromatic heterocycles. The number of nitrogens with one attached hydrogen (secondary N) is 1. The highest BCUT2D eigenvalue weighted by Gasteiger charge is 2.18. The van der Waals surface area contributed by atoms with E-state index in [1.54, 1.807) is 6.07 Å². The monoisotopic (exact) mass is 281 g/mol. The van der Waals surface area contributed by atoms with Crippen molar-refractivity contribution in [2.24, 2.45) is 0 Å². The highest BCUT2D eigenvalue weighted by molar-refractivity contribution is 5.78. The molecule has 5 nitrogen and oxygen atoms in total. The first-order chi connectivity index (χ1) is 9.61. The summed E-state index contributed by atoms with van der Waals surface area (Å²) in [6.07, 6.45) is 1.21. The molecule has 2 rings (SSSR count). The minimum Gasteiger partial charge on any atom is -0.490 e. The van der Waals surface area contributed by atoms with Crippen molar-refractivity contribution in [3.05, 3.63) is 17.9 Å². The highest BCUT2D eigenvalue weighted by atomic mass is 19.1. The Bertz CT molecular complexity index is 494. The molecular formula is C14H20FN3O2. The van der Waals surface area contributed by atoms with Crippen molar-refractivity contribution in [3.8, 4) is 5.75 Å². The standard InChI is InChI=1S/C14H20FN3O2/c1-2-7-20-13-9-12(11(16)8-10(13)15)18-5-3-14(19)17-4-6-18/h8-9H,2-7,16H2,1H3,(H,17,19). The minimum atomic E-state index is -0.455. The number of hydrogen-bond acceptors (Lipinski definition) is 4. The summed E-state index contributed by atoms with van der Waals surface area (Å²) in [5, 5.41) is 2.80. The lowest BCUT2D eigenvalue weighted by atomic mass is 10.2. The van der Waals surface area contributed by atoms with Gasteiger partial charge in [0, 0.05) is 38.2 Å². The predicted molar refractivity (Wildman–Crippen MR) is 76.4 cm³/mol. The lowest BCUT2D eigenvalue weighted by Gasteiger charge is -2.24. The molecule has 0 radical (unpaired) electrons. The Morgan fingerprint density at radius 3 is 3.00 bits per heavy atom. The third-order valence-corrected chi connectivity index (χ3v) is 3.20. The van der Waals surface area contributed by atoms with Gasteiger partial charge in [-0.25, -0.2) is 4.39 Å². The van der Waals surface area contributed by atoms with Crippen LogP contribution in [0.2, 0.25) is 0 Å². The number of nitrogen functional groups attached to an aromatic ring is 1. The number of ether oxygens (including phenoxy) is 1. The minimum absolute atomic E-state index is 0.0237. The maximum Gasteiger partial charge on any atom is 0.221 e. The second kappa shape index (κ2) is 6.45. The fourth-order valence-corrected chi connectivity index (χ4v) is 2.16. The molecule has 20 heavy (non-hydrogen) atoms. The Kier molecular flexibility index (Phi) is 4.65. The van der Waals surface area contributed by atoms with Gasteiger partial charge in [-0.15, -0.1) is 0 Å². The summed E-state index contributed by atoms with van der Waals surface area (Å²) in [5.41, 5.74) is 6.97. The van der Waals surface area contributed by atoms with Crippen LogP contribution in [-0.2, 0) is 4.79 Å². The van der Waals surface area contributed by atoms with E-state index in [1.807, 2.05) is 11.8 Å². The van der Waals surface area contributed by atoms with E-state index in [-0.39, 0.29) is 11.7 Å². The Hall–Kier alpha value is -1.98. The summed E-state index contributed by atoms with van der Waals surface area (Å²) >= 11 is 0. The third kappa shape index (κ3) is 3.31. The highest BCUT2D eigenvalue weighted by Crippen LogP contribution is 2.31. The average Bonchev–Trinajstić information content (AvgIpc) is 2.63. The van der Waals surface area contributed by atoms with Gasteiger partial charge in [-0.3, -0.25) is 4.79 Å². The van der Waals surface area contributed by atoms with E-state index in [2.05, 4.69) is 5.32 Å². The maximum atomic E-state index is 13.8. The number of hydrogen-bond donors (Lipinski definition) is 2. The summed E-state index contributed by atoms with van der Waals surface area (Å²) < 4.78 is 19.2. The molecule has 1 aliphatic heterocycles. The van der Waals surface area contributed by atoms with Gasteiger partial charge < -0.3 is 20.7 Å². The number of carbonyl (C=O) groups is 1. The van der Waals surface area contributed by atoms with E-state index in [4.69, 9.17) is 10.5 Å². The zero-order chi connectivity index (χ0) is 14.5. The SMILES string of the molecule is CCCOc1cc(N2CCNC(=O)CC2)c(N)cc1F. The summed E-state index contributed by atoms with van der Waals surface area (Å²) in [5.74, 6) is -0.223. The molecule has 3 N–H and O–H groups in total. The van der Waals surface area contributed by atoms with E-state index in [0.717, 1.165) is 6.42 Å². The Morgan fingerprint density at radius 1 is 1.45 bits per heavy atom. The van der Waals surface area contributed by atoms with Crippen molar-refractivity contribution < 1.29 is 13.9 Å². The molecule has 1 amide bonds. The molecule has 1 heterocycles. The van der Waals surface area contributed by atoms with Crippen LogP contribution in [0.15, 0.2) is 12.1 Å². The molecule has 1 aromatic carbocycles. The first-order valence-corrected chi connectivity index (χ1v) is 6.85. The molecule has 0 unspecified atom stereocenters. The van der Waals surface area contributed by atoms with Crippen molar-refractivity contribution in [2.75, 3.05) is 36.9 Å². The lowest BCUT2D eigenvalue weighted by Crippen LogP contribution is -2.29. The number of halogens is 1. The van der Waals surface area contributed by atoms with Gasteiger partial charge in [-0.2, -0.15) is 0 Å². The second-order valence-electron chi connectivity index (χ2n) is 4.78. The van der Waals surface area contributed by atoms with E-state index in [9.17, 15) is 9.18 Å². The van der Waals surface area contributed by atoms with Gasteiger partial charge in [0.25, 0.3) is 0 Å². The molecule has 0 spiro atoms. The first kappa shape index (κ1) is 14.4. The largest absolute Gasteiger partial charge is 0.490 e. The number of rotatable bonds is 4. The van der Waals surface area contributed by atoms with Gasteiger partial charge >= 0.3 is 0 Å². The van der Waals surface area contributed by atoms with E-state index >= 15 is 0 Å². The van der Waals surface area contributed by atoms with Crippen LogP contribution in [0.5, 0.6) is 5.75 Å². The van der Waals surface area contributed by atoms with Crippen LogP contribution in [0.4, 0.5) is 15.8 Å². The Balaban J connectivity index is 2.23. The molecule has 6 heteroatoms. The fourth-order valence-electron chi connectivity index (χ4n) is 2.16. The number of nitrogens with two attached hydrogens (primary N) is 1. The smallest absolute Gasteiger partial charge is 0.221 e. The topological polar surface area (TPSA) is 67.6 Å². The van der Waals surface area contributed by atoms with Crippen LogP contribution in [-0.4, -0.2) is 32.1 Å². The van der Waals surface area contributed by atoms with Gasteiger partial charge in [-0.1, -0.05) is 6.92 Å². The van der Waals surface area contributed by atoms with Crippen LogP contribution < -0.4 is 20.7 Å². The molecule has 0 saturated carbocycles. The van der Waals surface area contributed by atoms with Crippen molar-refractivity contribution in [1.29, 1.82) is 0 Å². The molecule has 1 aromatic rings. The number of carbonyl (C=O) groups excluding carboxylic acids is 1. The summed E-state index contributed by atoms with van der Waals surface area (Å²) in [4.78, 5) is 13.3. The van der Waals surface area contributed by atoms with Crippen LogP contribution in [0.1, 0.15) is 19.8 Å². The second-order valence-corrected chi connectivity index (χ2v) is 4.78. The van der Waals surface area contributed by atoms with E-state index < -0.39 is 5.82 Å². The quantitative estimate of drug-likeness (QED) is 0.821. The van der Waals surface area contributed by atoms with E-state index in [1.165, 1.54) is 6.07 Å². The van der Waals surface area contributed by atoms with Crippen LogP contribution in [0.25, 0.3) is 0 Å². The lowest BCUT2D eigenvalue weighted by molar-refractivity contribution is -0.120. The van der Waals surface area contributed by atoms with Gasteiger partial charge in [-0.05, 0) is 6.42 Å². The van der Waals surface area contributed by atoms with Crippen molar-refractivity contribution in [2.45, 2.75) is 19.8 Å². The van der Waals surface area contributed by atoms with Crippen LogP contribution in [0, 0.1) is 5.82 Å². The zero-order valence-electron chi connectivity index (χ0n) is 11.6. The molecular weight excluding hydrogens is 261 g/mol. The van der Waals surface area contributed by atoms with Crippen molar-refractivity contribution in [1.82, 2.24) is 5.32 Å². The molecule has 0 aliphatic carbocycles. The van der Waals surface area contributed by atoms with Crippen molar-refractivity contribution >= 4 is 17.3 Å². The predicted octanol–water partition coefficient (Wildman–Crippen LogP) is 1.52. The number of benzene rings is 1. The van der Waals surface area contributed by atoms with Crippen LogP contribution in [0.3, 0.4) is 0 Å². The summed E-state index contributed by atoms with van der Waals surface area (Å²) in [6, 6.07) is 2.90. The molecule has 1 saturated heterocycles. The normalized spacial score (nSPS) is 15.7.